The first kappa shape index (κ1) is 16.5. The van der Waals surface area contributed by atoms with Crippen LogP contribution in [-0.4, -0.2) is 34.6 Å². The standard InChI is InChI=1S/C17H15F2N3O4/c18-11-3-9-13(12(19)14(11)21-4-7(5-21)16(20)24)22(8-1-2-8)6-10(15(9)23)17(25)26/h3,6-8H,1-2,4-5H2,(H2,20,24)(H,25,26). The normalized spacial score (nSPS) is 17.4. The molecule has 2 heterocycles. The Morgan fingerprint density at radius 2 is 1.88 bits per heavy atom. The maximum atomic E-state index is 15.2. The quantitative estimate of drug-likeness (QED) is 0.850. The third-order valence-electron chi connectivity index (χ3n) is 4.95. The van der Waals surface area contributed by atoms with E-state index >= 15 is 4.39 Å². The molecule has 0 radical (unpaired) electrons. The third-order valence-corrected chi connectivity index (χ3v) is 4.95. The van der Waals surface area contributed by atoms with Crippen LogP contribution in [0.1, 0.15) is 29.2 Å². The highest BCUT2D eigenvalue weighted by Gasteiger charge is 2.36. The van der Waals surface area contributed by atoms with Crippen LogP contribution in [0.5, 0.6) is 0 Å². The fourth-order valence-electron chi connectivity index (χ4n) is 3.36. The van der Waals surface area contributed by atoms with Crippen molar-refractivity contribution in [1.29, 1.82) is 0 Å². The van der Waals surface area contributed by atoms with Crippen LogP contribution < -0.4 is 16.1 Å². The molecule has 2 aromatic rings. The van der Waals surface area contributed by atoms with Crippen LogP contribution in [0.3, 0.4) is 0 Å². The van der Waals surface area contributed by atoms with Crippen LogP contribution in [0.2, 0.25) is 0 Å². The molecule has 0 spiro atoms. The van der Waals surface area contributed by atoms with Crippen LogP contribution >= 0.6 is 0 Å². The molecular weight excluding hydrogens is 348 g/mol. The predicted molar refractivity (Wildman–Crippen MR) is 88.3 cm³/mol. The molecule has 0 atom stereocenters. The van der Waals surface area contributed by atoms with Gasteiger partial charge < -0.3 is 20.3 Å². The summed E-state index contributed by atoms with van der Waals surface area (Å²) < 4.78 is 31.1. The van der Waals surface area contributed by atoms with Crippen molar-refractivity contribution < 1.29 is 23.5 Å². The van der Waals surface area contributed by atoms with Gasteiger partial charge in [0.05, 0.1) is 16.8 Å². The van der Waals surface area contributed by atoms with E-state index in [1.807, 2.05) is 0 Å². The number of aromatic carboxylic acids is 1. The van der Waals surface area contributed by atoms with Gasteiger partial charge in [-0.1, -0.05) is 0 Å². The van der Waals surface area contributed by atoms with E-state index in [1.165, 1.54) is 9.47 Å². The number of benzene rings is 1. The van der Waals surface area contributed by atoms with E-state index in [2.05, 4.69) is 0 Å². The van der Waals surface area contributed by atoms with Crippen molar-refractivity contribution in [3.8, 4) is 0 Å². The number of nitrogens with zero attached hydrogens (tertiary/aromatic N) is 2. The van der Waals surface area contributed by atoms with Crippen molar-refractivity contribution in [3.05, 3.63) is 39.7 Å². The maximum absolute atomic E-state index is 15.2. The highest BCUT2D eigenvalue weighted by atomic mass is 19.1. The van der Waals surface area contributed by atoms with Crippen molar-refractivity contribution in [1.82, 2.24) is 4.57 Å². The van der Waals surface area contributed by atoms with Crippen molar-refractivity contribution in [3.63, 3.8) is 0 Å². The van der Waals surface area contributed by atoms with Crippen molar-refractivity contribution >= 4 is 28.5 Å². The molecule has 2 aliphatic rings. The number of carboxylic acids is 1. The minimum absolute atomic E-state index is 0.0928. The fraction of sp³-hybridized carbons (Fsp3) is 0.353. The van der Waals surface area contributed by atoms with Crippen molar-refractivity contribution in [2.45, 2.75) is 18.9 Å². The van der Waals surface area contributed by atoms with Crippen LogP contribution in [0.15, 0.2) is 17.1 Å². The molecular formula is C17H15F2N3O4. The molecule has 1 aliphatic heterocycles. The average Bonchev–Trinajstić information content (AvgIpc) is 3.34. The number of carboxylic acid groups (broad SMARTS) is 1. The number of rotatable bonds is 4. The van der Waals surface area contributed by atoms with Crippen LogP contribution in [0.4, 0.5) is 14.5 Å². The Balaban J connectivity index is 1.93. The minimum atomic E-state index is -1.44. The summed E-state index contributed by atoms with van der Waals surface area (Å²) in [6.07, 6.45) is 2.56. The highest BCUT2D eigenvalue weighted by molar-refractivity contribution is 5.94. The predicted octanol–water partition coefficient (Wildman–Crippen LogP) is 1.23. The van der Waals surface area contributed by atoms with Gasteiger partial charge in [-0.25, -0.2) is 13.6 Å². The zero-order chi connectivity index (χ0) is 18.7. The summed E-state index contributed by atoms with van der Waals surface area (Å²) in [5.74, 6) is -4.36. The first-order valence-corrected chi connectivity index (χ1v) is 8.14. The number of primary amides is 1. The van der Waals surface area contributed by atoms with E-state index in [9.17, 15) is 23.9 Å². The van der Waals surface area contributed by atoms with Gasteiger partial charge in [-0.3, -0.25) is 9.59 Å². The lowest BCUT2D eigenvalue weighted by Gasteiger charge is -2.39. The van der Waals surface area contributed by atoms with E-state index < -0.39 is 40.4 Å². The lowest BCUT2D eigenvalue weighted by molar-refractivity contribution is -0.122. The second-order valence-electron chi connectivity index (χ2n) is 6.74. The molecule has 7 nitrogen and oxygen atoms in total. The Morgan fingerprint density at radius 1 is 1.23 bits per heavy atom. The average molecular weight is 363 g/mol. The highest BCUT2D eigenvalue weighted by Crippen LogP contribution is 2.40. The number of fused-ring (bicyclic) bond motifs is 1. The second-order valence-corrected chi connectivity index (χ2v) is 6.74. The zero-order valence-electron chi connectivity index (χ0n) is 13.5. The summed E-state index contributed by atoms with van der Waals surface area (Å²) in [6.45, 7) is 0.186. The maximum Gasteiger partial charge on any atom is 0.341 e. The molecule has 26 heavy (non-hydrogen) atoms. The van der Waals surface area contributed by atoms with Gasteiger partial charge in [0.25, 0.3) is 0 Å². The Kier molecular flexibility index (Phi) is 3.50. The SMILES string of the molecule is NC(=O)C1CN(c2c(F)cc3c(=O)c(C(=O)O)cn(C4CC4)c3c2F)C1. The number of pyridine rings is 1. The molecule has 3 N–H and O–H groups in total. The number of carbonyl (C=O) groups excluding carboxylic acids is 1. The van der Waals surface area contributed by atoms with E-state index in [-0.39, 0.29) is 35.7 Å². The lowest BCUT2D eigenvalue weighted by atomic mass is 9.97. The topological polar surface area (TPSA) is 106 Å². The van der Waals surface area contributed by atoms with Gasteiger partial charge in [0.2, 0.25) is 11.3 Å². The number of halogens is 2. The summed E-state index contributed by atoms with van der Waals surface area (Å²) >= 11 is 0. The zero-order valence-corrected chi connectivity index (χ0v) is 13.5. The van der Waals surface area contributed by atoms with E-state index in [1.54, 1.807) is 0 Å². The van der Waals surface area contributed by atoms with E-state index in [4.69, 9.17) is 5.73 Å². The molecule has 1 amide bonds. The molecule has 1 aromatic carbocycles. The molecule has 136 valence electrons. The molecule has 0 bridgehead atoms. The molecule has 1 saturated carbocycles. The van der Waals surface area contributed by atoms with Crippen molar-refractivity contribution in [2.75, 3.05) is 18.0 Å². The third kappa shape index (κ3) is 2.34. The number of hydrogen-bond donors (Lipinski definition) is 2. The molecule has 4 rings (SSSR count). The van der Waals surface area contributed by atoms with E-state index in [0.717, 1.165) is 25.1 Å². The number of aromatic nitrogens is 1. The molecule has 1 aromatic heterocycles. The second kappa shape index (κ2) is 5.52. The summed E-state index contributed by atoms with van der Waals surface area (Å²) in [4.78, 5) is 36.2. The van der Waals surface area contributed by atoms with Gasteiger partial charge >= 0.3 is 5.97 Å². The number of carbonyl (C=O) groups is 2. The molecule has 0 unspecified atom stereocenters. The number of hydrogen-bond acceptors (Lipinski definition) is 4. The monoisotopic (exact) mass is 363 g/mol. The van der Waals surface area contributed by atoms with Crippen LogP contribution in [0.25, 0.3) is 10.9 Å². The molecule has 2 fully saturated rings. The van der Waals surface area contributed by atoms with Crippen LogP contribution in [-0.2, 0) is 4.79 Å². The Labute approximate surface area is 145 Å². The first-order chi connectivity index (χ1) is 12.3. The smallest absolute Gasteiger partial charge is 0.341 e. The summed E-state index contributed by atoms with van der Waals surface area (Å²) in [6, 6.07) is 0.748. The largest absolute Gasteiger partial charge is 0.477 e. The number of anilines is 1. The Bertz CT molecular complexity index is 1020. The molecule has 9 heteroatoms. The van der Waals surface area contributed by atoms with E-state index in [0.29, 0.717) is 0 Å². The summed E-state index contributed by atoms with van der Waals surface area (Å²) in [5.41, 5.74) is 3.31. The van der Waals surface area contributed by atoms with Gasteiger partial charge in [0.15, 0.2) is 5.82 Å². The van der Waals surface area contributed by atoms with Crippen LogP contribution in [0, 0.1) is 17.6 Å². The van der Waals surface area contributed by atoms with Gasteiger partial charge in [-0.15, -0.1) is 0 Å². The van der Waals surface area contributed by atoms with Gasteiger partial charge in [0, 0.05) is 25.3 Å². The first-order valence-electron chi connectivity index (χ1n) is 8.14. The Hall–Kier alpha value is -2.97. The summed E-state index contributed by atoms with van der Waals surface area (Å²) in [5, 5.41) is 8.91. The van der Waals surface area contributed by atoms with Gasteiger partial charge in [-0.2, -0.15) is 0 Å². The molecule has 1 aliphatic carbocycles. The minimum Gasteiger partial charge on any atom is -0.477 e. The number of amides is 1. The number of nitrogens with two attached hydrogens (primary N) is 1. The van der Waals surface area contributed by atoms with Crippen molar-refractivity contribution in [2.24, 2.45) is 11.7 Å². The Morgan fingerprint density at radius 3 is 2.42 bits per heavy atom. The summed E-state index contributed by atoms with van der Waals surface area (Å²) in [7, 11) is 0. The lowest BCUT2D eigenvalue weighted by Crippen LogP contribution is -2.53. The van der Waals surface area contributed by atoms with Gasteiger partial charge in [0.1, 0.15) is 17.1 Å². The van der Waals surface area contributed by atoms with Gasteiger partial charge in [-0.05, 0) is 18.9 Å². The molecule has 1 saturated heterocycles. The fourth-order valence-corrected chi connectivity index (χ4v) is 3.36.